The van der Waals surface area contributed by atoms with Gasteiger partial charge >= 0.3 is 0 Å². The van der Waals surface area contributed by atoms with Crippen LogP contribution in [0, 0.1) is 0 Å². The maximum Gasteiger partial charge on any atom is 0.136 e. The molecule has 0 aliphatic heterocycles. The van der Waals surface area contributed by atoms with E-state index < -0.39 is 0 Å². The first-order valence-electron chi connectivity index (χ1n) is 6.18. The van der Waals surface area contributed by atoms with E-state index in [-0.39, 0.29) is 0 Å². The molecule has 0 aliphatic rings. The van der Waals surface area contributed by atoms with E-state index in [1.807, 2.05) is 44.3 Å². The van der Waals surface area contributed by atoms with Crippen molar-refractivity contribution in [1.82, 2.24) is 5.32 Å². The Morgan fingerprint density at radius 2 is 1.78 bits per heavy atom. The Hall–Kier alpha value is -1.61. The number of carbonyl (C=O) groups is 1. The summed E-state index contributed by atoms with van der Waals surface area (Å²) in [4.78, 5) is 11.0. The lowest BCUT2D eigenvalue weighted by molar-refractivity contribution is -0.118. The van der Waals surface area contributed by atoms with Gasteiger partial charge in [-0.1, -0.05) is 50.8 Å². The van der Waals surface area contributed by atoms with E-state index in [9.17, 15) is 4.79 Å². The minimum Gasteiger partial charge on any atom is -0.405 e. The molecular formula is C15H26N2O. The number of hydrogen-bond donors (Lipinski definition) is 2. The van der Waals surface area contributed by atoms with E-state index in [0.29, 0.717) is 18.6 Å². The zero-order valence-corrected chi connectivity index (χ0v) is 11.8. The summed E-state index contributed by atoms with van der Waals surface area (Å²) in [5.74, 6) is 0.302. The van der Waals surface area contributed by atoms with Crippen molar-refractivity contribution < 1.29 is 4.79 Å². The van der Waals surface area contributed by atoms with Gasteiger partial charge in [0.15, 0.2) is 0 Å². The van der Waals surface area contributed by atoms with Crippen molar-refractivity contribution in [3.8, 4) is 0 Å². The first-order valence-corrected chi connectivity index (χ1v) is 6.18. The zero-order chi connectivity index (χ0) is 14.2. The number of nitrogens with two attached hydrogens (primary N) is 1. The normalized spacial score (nSPS) is 8.17. The van der Waals surface area contributed by atoms with Gasteiger partial charge in [0.25, 0.3) is 0 Å². The summed E-state index contributed by atoms with van der Waals surface area (Å²) in [5.41, 5.74) is 5.72. The van der Waals surface area contributed by atoms with E-state index in [1.165, 1.54) is 6.20 Å². The maximum absolute atomic E-state index is 11.0. The average molecular weight is 250 g/mol. The third kappa shape index (κ3) is 14.4. The van der Waals surface area contributed by atoms with Crippen LogP contribution in [0.2, 0.25) is 0 Å². The number of rotatable bonds is 4. The zero-order valence-electron chi connectivity index (χ0n) is 11.8. The quantitative estimate of drug-likeness (QED) is 0.863. The second-order valence-corrected chi connectivity index (χ2v) is 3.50. The van der Waals surface area contributed by atoms with Crippen LogP contribution >= 0.6 is 0 Å². The lowest BCUT2D eigenvalue weighted by atomic mass is 10.1. The summed E-state index contributed by atoms with van der Waals surface area (Å²) in [7, 11) is 1.93. The molecule has 0 heterocycles. The Bertz CT molecular complexity index is 295. The lowest BCUT2D eigenvalue weighted by Crippen LogP contribution is -2.01. The highest BCUT2D eigenvalue weighted by Gasteiger charge is 1.98. The molecule has 0 unspecified atom stereocenters. The van der Waals surface area contributed by atoms with Crippen molar-refractivity contribution in [3.63, 3.8) is 0 Å². The summed E-state index contributed by atoms with van der Waals surface area (Å²) >= 11 is 0. The molecule has 102 valence electrons. The highest BCUT2D eigenvalue weighted by atomic mass is 16.1. The van der Waals surface area contributed by atoms with Crippen LogP contribution in [0.5, 0.6) is 0 Å². The number of nitrogens with one attached hydrogen (secondary N) is 1. The molecule has 0 fully saturated rings. The molecule has 3 N–H and O–H groups in total. The molecule has 0 saturated carbocycles. The molecule has 1 rings (SSSR count). The van der Waals surface area contributed by atoms with Crippen LogP contribution in [0.4, 0.5) is 0 Å². The number of benzene rings is 1. The van der Waals surface area contributed by atoms with E-state index in [4.69, 9.17) is 0 Å². The molecule has 0 saturated heterocycles. The van der Waals surface area contributed by atoms with Gasteiger partial charge in [0.05, 0.1) is 0 Å². The number of Topliss-reactive ketones (excluding diaryl/α,β-unsaturated/α-hetero) is 1. The van der Waals surface area contributed by atoms with Gasteiger partial charge in [-0.3, -0.25) is 4.79 Å². The standard InChI is InChI=1S/C10H12O.C3H9N.C2H5N/c1-2-10(11)8-9-6-4-3-5-7-9;1-3-4-2;1-2-3/h3-7H,2,8H2,1H3;4H,3H2,1-2H3;2H,1,3H2. The van der Waals surface area contributed by atoms with Crippen LogP contribution in [-0.2, 0) is 11.2 Å². The summed E-state index contributed by atoms with van der Waals surface area (Å²) in [6, 6.07) is 9.83. The maximum atomic E-state index is 11.0. The molecule has 1 aromatic rings. The number of hydrogen-bond acceptors (Lipinski definition) is 3. The topological polar surface area (TPSA) is 55.1 Å². The fourth-order valence-corrected chi connectivity index (χ4v) is 0.949. The minimum atomic E-state index is 0.302. The highest BCUT2D eigenvalue weighted by molar-refractivity contribution is 5.80. The molecule has 3 heteroatoms. The molecule has 0 spiro atoms. The average Bonchev–Trinajstić information content (AvgIpc) is 2.41. The van der Waals surface area contributed by atoms with Crippen LogP contribution in [0.15, 0.2) is 43.1 Å². The third-order valence-corrected chi connectivity index (χ3v) is 1.99. The molecule has 1 aromatic carbocycles. The first-order chi connectivity index (χ1) is 8.65. The molecule has 0 radical (unpaired) electrons. The van der Waals surface area contributed by atoms with Crippen molar-refractivity contribution in [3.05, 3.63) is 48.7 Å². The van der Waals surface area contributed by atoms with E-state index in [1.54, 1.807) is 0 Å². The van der Waals surface area contributed by atoms with Gasteiger partial charge in [-0.25, -0.2) is 0 Å². The summed E-state index contributed by atoms with van der Waals surface area (Å²) in [6.45, 7) is 8.17. The van der Waals surface area contributed by atoms with Crippen molar-refractivity contribution >= 4 is 5.78 Å². The molecular weight excluding hydrogens is 224 g/mol. The molecule has 18 heavy (non-hydrogen) atoms. The van der Waals surface area contributed by atoms with Gasteiger partial charge in [0.1, 0.15) is 5.78 Å². The van der Waals surface area contributed by atoms with Crippen molar-refractivity contribution in [2.24, 2.45) is 5.73 Å². The Balaban J connectivity index is 0. The molecule has 0 aliphatic carbocycles. The lowest BCUT2D eigenvalue weighted by Gasteiger charge is -1.96. The first kappa shape index (κ1) is 18.7. The molecule has 0 aromatic heterocycles. The van der Waals surface area contributed by atoms with Gasteiger partial charge in [0, 0.05) is 12.8 Å². The van der Waals surface area contributed by atoms with Gasteiger partial charge in [-0.05, 0) is 25.4 Å². The fourth-order valence-electron chi connectivity index (χ4n) is 0.949. The summed E-state index contributed by atoms with van der Waals surface area (Å²) in [5, 5.41) is 2.93. The Kier molecular flexibility index (Phi) is 16.0. The van der Waals surface area contributed by atoms with Crippen molar-refractivity contribution in [2.75, 3.05) is 13.6 Å². The van der Waals surface area contributed by atoms with Crippen LogP contribution in [0.3, 0.4) is 0 Å². The monoisotopic (exact) mass is 250 g/mol. The fraction of sp³-hybridized carbons (Fsp3) is 0.400. The third-order valence-electron chi connectivity index (χ3n) is 1.99. The predicted octanol–water partition coefficient (Wildman–Crippen LogP) is 2.52. The second kappa shape index (κ2) is 15.4. The van der Waals surface area contributed by atoms with Gasteiger partial charge < -0.3 is 11.1 Å². The molecule has 3 nitrogen and oxygen atoms in total. The molecule has 0 amide bonds. The van der Waals surface area contributed by atoms with Gasteiger partial charge in [-0.15, -0.1) is 0 Å². The largest absolute Gasteiger partial charge is 0.405 e. The van der Waals surface area contributed by atoms with Gasteiger partial charge in [-0.2, -0.15) is 0 Å². The Labute approximate surface area is 111 Å². The SMILES string of the molecule is C=CN.CCC(=O)Cc1ccccc1.CCNC. The second-order valence-electron chi connectivity index (χ2n) is 3.50. The van der Waals surface area contributed by atoms with E-state index >= 15 is 0 Å². The predicted molar refractivity (Wildman–Crippen MR) is 79.4 cm³/mol. The van der Waals surface area contributed by atoms with Crippen molar-refractivity contribution in [1.29, 1.82) is 0 Å². The van der Waals surface area contributed by atoms with Crippen LogP contribution in [0.25, 0.3) is 0 Å². The number of carbonyl (C=O) groups excluding carboxylic acids is 1. The van der Waals surface area contributed by atoms with E-state index in [2.05, 4.69) is 24.6 Å². The number of ketones is 1. The highest BCUT2D eigenvalue weighted by Crippen LogP contribution is 2.00. The molecule has 0 bridgehead atoms. The van der Waals surface area contributed by atoms with Gasteiger partial charge in [0.2, 0.25) is 0 Å². The summed E-state index contributed by atoms with van der Waals surface area (Å²) < 4.78 is 0. The Morgan fingerprint density at radius 1 is 1.33 bits per heavy atom. The Morgan fingerprint density at radius 3 is 2.11 bits per heavy atom. The van der Waals surface area contributed by atoms with Crippen LogP contribution in [-0.4, -0.2) is 19.4 Å². The smallest absolute Gasteiger partial charge is 0.136 e. The van der Waals surface area contributed by atoms with E-state index in [0.717, 1.165) is 12.1 Å². The van der Waals surface area contributed by atoms with Crippen LogP contribution < -0.4 is 11.1 Å². The van der Waals surface area contributed by atoms with Crippen LogP contribution in [0.1, 0.15) is 25.8 Å². The minimum absolute atomic E-state index is 0.302. The summed E-state index contributed by atoms with van der Waals surface area (Å²) in [6.07, 6.45) is 2.46. The van der Waals surface area contributed by atoms with Crippen molar-refractivity contribution in [2.45, 2.75) is 26.7 Å². The molecule has 0 atom stereocenters.